The van der Waals surface area contributed by atoms with E-state index in [1.807, 2.05) is 0 Å². The molecule has 0 amide bonds. The molecule has 0 spiro atoms. The molecule has 1 aliphatic carbocycles. The fourth-order valence-electron chi connectivity index (χ4n) is 5.02. The fraction of sp³-hybridized carbons (Fsp3) is 1.00. The maximum atomic E-state index is 5.99. The molecule has 3 fully saturated rings. The van der Waals surface area contributed by atoms with Gasteiger partial charge in [0.15, 0.2) is 0 Å². The van der Waals surface area contributed by atoms with Crippen molar-refractivity contribution in [2.24, 2.45) is 23.0 Å². The van der Waals surface area contributed by atoms with Gasteiger partial charge in [-0.3, -0.25) is 4.90 Å². The van der Waals surface area contributed by atoms with Crippen LogP contribution in [0.15, 0.2) is 0 Å². The van der Waals surface area contributed by atoms with Crippen LogP contribution in [-0.2, 0) is 0 Å². The molecule has 0 bridgehead atoms. The van der Waals surface area contributed by atoms with Crippen molar-refractivity contribution in [3.05, 3.63) is 0 Å². The normalized spacial score (nSPS) is 50.2. The molecule has 3 aliphatic rings. The number of piperidine rings is 1. The summed E-state index contributed by atoms with van der Waals surface area (Å²) in [6, 6.07) is 1.63. The second-order valence-corrected chi connectivity index (χ2v) is 7.20. The summed E-state index contributed by atoms with van der Waals surface area (Å²) in [4.78, 5) is 2.81. The monoisotopic (exact) mass is 208 g/mol. The smallest absolute Gasteiger partial charge is 0.0199 e. The van der Waals surface area contributed by atoms with Crippen LogP contribution in [0.5, 0.6) is 0 Å². The van der Waals surface area contributed by atoms with Gasteiger partial charge in [-0.25, -0.2) is 0 Å². The molecule has 0 aromatic rings. The van der Waals surface area contributed by atoms with Gasteiger partial charge in [0.1, 0.15) is 0 Å². The van der Waals surface area contributed by atoms with E-state index >= 15 is 0 Å². The highest BCUT2D eigenvalue weighted by Crippen LogP contribution is 2.63. The largest absolute Gasteiger partial charge is 0.330 e. The number of fused-ring (bicyclic) bond motifs is 3. The lowest BCUT2D eigenvalue weighted by molar-refractivity contribution is 0.107. The maximum absolute atomic E-state index is 5.99. The van der Waals surface area contributed by atoms with Crippen molar-refractivity contribution < 1.29 is 0 Å². The van der Waals surface area contributed by atoms with Gasteiger partial charge in [-0.15, -0.1) is 0 Å². The molecule has 2 nitrogen and oxygen atoms in total. The van der Waals surface area contributed by atoms with Crippen molar-refractivity contribution in [3.8, 4) is 0 Å². The number of nitrogens with zero attached hydrogens (tertiary/aromatic N) is 1. The molecule has 1 saturated carbocycles. The van der Waals surface area contributed by atoms with E-state index in [2.05, 4.69) is 32.6 Å². The van der Waals surface area contributed by atoms with Crippen molar-refractivity contribution in [2.75, 3.05) is 6.54 Å². The molecule has 2 N–H and O–H groups in total. The molecule has 3 unspecified atom stereocenters. The van der Waals surface area contributed by atoms with Gasteiger partial charge in [-0.1, -0.05) is 13.8 Å². The Labute approximate surface area is 93.2 Å². The average Bonchev–Trinajstić information content (AvgIpc) is 2.71. The van der Waals surface area contributed by atoms with E-state index in [0.717, 1.165) is 30.5 Å². The number of hydrogen-bond acceptors (Lipinski definition) is 2. The second kappa shape index (κ2) is 2.60. The van der Waals surface area contributed by atoms with Crippen LogP contribution in [0.1, 0.15) is 40.5 Å². The van der Waals surface area contributed by atoms with E-state index in [-0.39, 0.29) is 0 Å². The first-order valence-corrected chi connectivity index (χ1v) is 6.37. The summed E-state index contributed by atoms with van der Waals surface area (Å²) >= 11 is 0. The first-order chi connectivity index (χ1) is 6.88. The van der Waals surface area contributed by atoms with Crippen molar-refractivity contribution in [2.45, 2.75) is 58.2 Å². The van der Waals surface area contributed by atoms with Crippen LogP contribution in [0.2, 0.25) is 0 Å². The Morgan fingerprint density at radius 3 is 2.53 bits per heavy atom. The van der Waals surface area contributed by atoms with Crippen LogP contribution >= 0.6 is 0 Å². The molecule has 15 heavy (non-hydrogen) atoms. The highest BCUT2D eigenvalue weighted by Gasteiger charge is 2.68. The third kappa shape index (κ3) is 1.13. The second-order valence-electron chi connectivity index (χ2n) is 7.20. The minimum absolute atomic E-state index is 0.400. The zero-order chi connectivity index (χ0) is 11.0. The molecular weight excluding hydrogens is 184 g/mol. The first-order valence-electron chi connectivity index (χ1n) is 6.37. The molecule has 0 radical (unpaired) electrons. The molecule has 3 rings (SSSR count). The zero-order valence-electron chi connectivity index (χ0n) is 10.5. The molecule has 0 aromatic carbocycles. The van der Waals surface area contributed by atoms with Gasteiger partial charge in [-0.2, -0.15) is 0 Å². The number of nitrogens with two attached hydrogens (primary N) is 1. The first kappa shape index (κ1) is 10.1. The molecule has 2 saturated heterocycles. The summed E-state index contributed by atoms with van der Waals surface area (Å²) in [5, 5.41) is 0. The predicted octanol–water partition coefficient (Wildman–Crippen LogP) is 1.84. The predicted molar refractivity (Wildman–Crippen MR) is 62.5 cm³/mol. The van der Waals surface area contributed by atoms with Gasteiger partial charge >= 0.3 is 0 Å². The summed E-state index contributed by atoms with van der Waals surface area (Å²) in [5.74, 6) is 1.70. The SMILES string of the molecule is CC1(C)CC(C)(C)N2C3CC3C(CN)[C@H]21. The molecule has 0 aromatic heterocycles. The Kier molecular flexibility index (Phi) is 1.75. The zero-order valence-corrected chi connectivity index (χ0v) is 10.5. The highest BCUT2D eigenvalue weighted by molar-refractivity contribution is 5.21. The van der Waals surface area contributed by atoms with E-state index in [1.165, 1.54) is 12.8 Å². The van der Waals surface area contributed by atoms with Gasteiger partial charge in [0, 0.05) is 17.6 Å². The fourth-order valence-corrected chi connectivity index (χ4v) is 5.02. The third-order valence-corrected chi connectivity index (χ3v) is 5.08. The lowest BCUT2D eigenvalue weighted by Crippen LogP contribution is -2.46. The van der Waals surface area contributed by atoms with Crippen molar-refractivity contribution in [3.63, 3.8) is 0 Å². The van der Waals surface area contributed by atoms with Crippen LogP contribution in [0.4, 0.5) is 0 Å². The van der Waals surface area contributed by atoms with Crippen molar-refractivity contribution in [1.29, 1.82) is 0 Å². The third-order valence-electron chi connectivity index (χ3n) is 5.08. The summed E-state index contributed by atoms with van der Waals surface area (Å²) < 4.78 is 0. The summed E-state index contributed by atoms with van der Waals surface area (Å²) in [6.07, 6.45) is 2.74. The van der Waals surface area contributed by atoms with E-state index < -0.39 is 0 Å². The maximum Gasteiger partial charge on any atom is 0.0199 e. The van der Waals surface area contributed by atoms with Crippen LogP contribution in [0, 0.1) is 17.3 Å². The standard InChI is InChI=1S/C13H24N2/c1-12(2)7-13(3,4)15-10-5-8(10)9(6-14)11(12)15/h8-11H,5-7,14H2,1-4H3/t8?,9?,10?,11-/m0/s1. The molecule has 2 heterocycles. The Bertz CT molecular complexity index is 295. The van der Waals surface area contributed by atoms with Crippen molar-refractivity contribution in [1.82, 2.24) is 4.90 Å². The molecule has 86 valence electrons. The Balaban J connectivity index is 1.99. The lowest BCUT2D eigenvalue weighted by Gasteiger charge is -2.36. The summed E-state index contributed by atoms with van der Waals surface area (Å²) in [5.41, 5.74) is 6.85. The van der Waals surface area contributed by atoms with Crippen LogP contribution < -0.4 is 5.73 Å². The van der Waals surface area contributed by atoms with Gasteiger partial charge in [0.2, 0.25) is 0 Å². The lowest BCUT2D eigenvalue weighted by atomic mass is 9.75. The van der Waals surface area contributed by atoms with Gasteiger partial charge in [-0.05, 0) is 50.5 Å². The molecule has 2 aliphatic heterocycles. The minimum Gasteiger partial charge on any atom is -0.330 e. The Hall–Kier alpha value is -0.0800. The topological polar surface area (TPSA) is 29.3 Å². The summed E-state index contributed by atoms with van der Waals surface area (Å²) in [6.45, 7) is 10.6. The van der Waals surface area contributed by atoms with Crippen molar-refractivity contribution >= 4 is 0 Å². The molecule has 2 heteroatoms. The van der Waals surface area contributed by atoms with Gasteiger partial charge in [0.05, 0.1) is 0 Å². The Morgan fingerprint density at radius 2 is 1.93 bits per heavy atom. The van der Waals surface area contributed by atoms with Crippen LogP contribution in [0.3, 0.4) is 0 Å². The van der Waals surface area contributed by atoms with E-state index in [4.69, 9.17) is 5.73 Å². The van der Waals surface area contributed by atoms with E-state index in [0.29, 0.717) is 11.0 Å². The van der Waals surface area contributed by atoms with Gasteiger partial charge < -0.3 is 5.73 Å². The average molecular weight is 208 g/mol. The van der Waals surface area contributed by atoms with Crippen LogP contribution in [0.25, 0.3) is 0 Å². The summed E-state index contributed by atoms with van der Waals surface area (Å²) in [7, 11) is 0. The number of rotatable bonds is 1. The number of hydrogen-bond donors (Lipinski definition) is 1. The minimum atomic E-state index is 0.400. The highest BCUT2D eigenvalue weighted by atomic mass is 15.3. The molecular formula is C13H24N2. The Morgan fingerprint density at radius 1 is 1.27 bits per heavy atom. The van der Waals surface area contributed by atoms with E-state index in [1.54, 1.807) is 0 Å². The van der Waals surface area contributed by atoms with Crippen LogP contribution in [-0.4, -0.2) is 29.1 Å². The van der Waals surface area contributed by atoms with E-state index in [9.17, 15) is 0 Å². The quantitative estimate of drug-likeness (QED) is 0.712. The van der Waals surface area contributed by atoms with Gasteiger partial charge in [0.25, 0.3) is 0 Å². The molecule has 4 atom stereocenters.